The van der Waals surface area contributed by atoms with Gasteiger partial charge < -0.3 is 10.4 Å². The van der Waals surface area contributed by atoms with Crippen LogP contribution >= 0.6 is 22.9 Å². The first-order chi connectivity index (χ1) is 6.65. The van der Waals surface area contributed by atoms with E-state index in [1.807, 2.05) is 13.8 Å². The molecule has 0 atom stereocenters. The minimum atomic E-state index is -0.263. The largest absolute Gasteiger partial charge is 0.394 e. The van der Waals surface area contributed by atoms with Gasteiger partial charge in [-0.1, -0.05) is 25.4 Å². The van der Waals surface area contributed by atoms with Crippen LogP contribution in [-0.2, 0) is 0 Å². The van der Waals surface area contributed by atoms with Crippen molar-refractivity contribution in [3.8, 4) is 0 Å². The van der Waals surface area contributed by atoms with Crippen molar-refractivity contribution in [1.82, 2.24) is 4.98 Å². The van der Waals surface area contributed by atoms with Gasteiger partial charge in [0.1, 0.15) is 5.15 Å². The number of hydrogen-bond donors (Lipinski definition) is 2. The van der Waals surface area contributed by atoms with Crippen molar-refractivity contribution in [3.63, 3.8) is 0 Å². The first-order valence-corrected chi connectivity index (χ1v) is 5.91. The second kappa shape index (κ2) is 4.96. The van der Waals surface area contributed by atoms with Gasteiger partial charge in [-0.05, 0) is 12.8 Å². The highest BCUT2D eigenvalue weighted by molar-refractivity contribution is 7.14. The van der Waals surface area contributed by atoms with Gasteiger partial charge in [-0.3, -0.25) is 0 Å². The molecule has 0 radical (unpaired) electrons. The quantitative estimate of drug-likeness (QED) is 0.824. The van der Waals surface area contributed by atoms with Crippen molar-refractivity contribution in [3.05, 3.63) is 10.5 Å². The highest BCUT2D eigenvalue weighted by Crippen LogP contribution is 2.25. The van der Waals surface area contributed by atoms with Crippen molar-refractivity contribution < 1.29 is 5.11 Å². The normalized spacial score (nSPS) is 11.7. The lowest BCUT2D eigenvalue weighted by Crippen LogP contribution is -2.40. The lowest BCUT2D eigenvalue weighted by atomic mass is 9.94. The van der Waals surface area contributed by atoms with Crippen LogP contribution in [0.2, 0.25) is 5.15 Å². The summed E-state index contributed by atoms with van der Waals surface area (Å²) in [6.45, 7) is 4.20. The van der Waals surface area contributed by atoms with Crippen molar-refractivity contribution in [1.29, 1.82) is 0 Å². The van der Waals surface area contributed by atoms with Gasteiger partial charge in [-0.2, -0.15) is 0 Å². The average Bonchev–Trinajstić information content (AvgIpc) is 2.61. The van der Waals surface area contributed by atoms with Gasteiger partial charge in [-0.15, -0.1) is 11.3 Å². The molecule has 5 heteroatoms. The summed E-state index contributed by atoms with van der Waals surface area (Å²) < 4.78 is 0. The highest BCUT2D eigenvalue weighted by Gasteiger charge is 2.25. The average molecular weight is 235 g/mol. The first kappa shape index (κ1) is 11.8. The standard InChI is InChI=1S/C9H15ClN2OS/c1-3-9(4-2,6-13)12-8-11-7(10)5-14-8/h5,13H,3-4,6H2,1-2H3,(H,11,12). The lowest BCUT2D eigenvalue weighted by molar-refractivity contribution is 0.202. The Balaban J connectivity index is 2.73. The number of thiazole rings is 1. The minimum absolute atomic E-state index is 0.108. The molecule has 1 rings (SSSR count). The van der Waals surface area contributed by atoms with E-state index in [0.717, 1.165) is 18.0 Å². The van der Waals surface area contributed by atoms with E-state index in [1.54, 1.807) is 5.38 Å². The number of anilines is 1. The lowest BCUT2D eigenvalue weighted by Gasteiger charge is -2.30. The summed E-state index contributed by atoms with van der Waals surface area (Å²) in [6.07, 6.45) is 1.72. The molecule has 0 bridgehead atoms. The zero-order valence-corrected chi connectivity index (χ0v) is 9.95. The molecule has 0 fully saturated rings. The summed E-state index contributed by atoms with van der Waals surface area (Å²) in [6, 6.07) is 0. The number of rotatable bonds is 5. The molecular formula is C9H15ClN2OS. The molecule has 0 aliphatic carbocycles. The molecule has 2 N–H and O–H groups in total. The summed E-state index contributed by atoms with van der Waals surface area (Å²) in [4.78, 5) is 4.10. The third kappa shape index (κ3) is 2.59. The molecule has 0 aliphatic heterocycles. The number of aromatic nitrogens is 1. The summed E-state index contributed by atoms with van der Waals surface area (Å²) >= 11 is 7.17. The van der Waals surface area contributed by atoms with Gasteiger partial charge >= 0.3 is 0 Å². The van der Waals surface area contributed by atoms with Gasteiger partial charge in [0.2, 0.25) is 0 Å². The van der Waals surface area contributed by atoms with Gasteiger partial charge in [0.25, 0.3) is 0 Å². The molecule has 0 saturated carbocycles. The molecule has 0 unspecified atom stereocenters. The number of halogens is 1. The van der Waals surface area contributed by atoms with E-state index in [2.05, 4.69) is 10.3 Å². The zero-order chi connectivity index (χ0) is 10.6. The predicted octanol–water partition coefficient (Wildman–Crippen LogP) is 2.76. The molecular weight excluding hydrogens is 220 g/mol. The van der Waals surface area contributed by atoms with Crippen LogP contribution in [0.3, 0.4) is 0 Å². The van der Waals surface area contributed by atoms with E-state index in [9.17, 15) is 5.11 Å². The predicted molar refractivity (Wildman–Crippen MR) is 61.1 cm³/mol. The maximum Gasteiger partial charge on any atom is 0.184 e. The van der Waals surface area contributed by atoms with Crippen LogP contribution in [0, 0.1) is 0 Å². The molecule has 1 aromatic heterocycles. The van der Waals surface area contributed by atoms with Crippen LogP contribution in [0.5, 0.6) is 0 Å². The smallest absolute Gasteiger partial charge is 0.184 e. The summed E-state index contributed by atoms with van der Waals surface area (Å²) in [5, 5.41) is 15.6. The van der Waals surface area contributed by atoms with Crippen LogP contribution in [0.1, 0.15) is 26.7 Å². The Kier molecular flexibility index (Phi) is 4.16. The molecule has 14 heavy (non-hydrogen) atoms. The Hall–Kier alpha value is -0.320. The fraction of sp³-hybridized carbons (Fsp3) is 0.667. The van der Waals surface area contributed by atoms with Crippen LogP contribution in [0.4, 0.5) is 5.13 Å². The minimum Gasteiger partial charge on any atom is -0.394 e. The van der Waals surface area contributed by atoms with Crippen LogP contribution < -0.4 is 5.32 Å². The molecule has 80 valence electrons. The molecule has 0 spiro atoms. The third-order valence-corrected chi connectivity index (χ3v) is 3.59. The highest BCUT2D eigenvalue weighted by atomic mass is 35.5. The first-order valence-electron chi connectivity index (χ1n) is 4.66. The van der Waals surface area contributed by atoms with E-state index in [0.29, 0.717) is 5.15 Å². The SMILES string of the molecule is CCC(CC)(CO)Nc1nc(Cl)cs1. The van der Waals surface area contributed by atoms with E-state index < -0.39 is 0 Å². The molecule has 0 amide bonds. The van der Waals surface area contributed by atoms with Crippen LogP contribution in [0.15, 0.2) is 5.38 Å². The van der Waals surface area contributed by atoms with Gasteiger partial charge in [0, 0.05) is 5.38 Å². The van der Waals surface area contributed by atoms with Gasteiger partial charge in [0.15, 0.2) is 5.13 Å². The van der Waals surface area contributed by atoms with E-state index in [1.165, 1.54) is 11.3 Å². The van der Waals surface area contributed by atoms with Crippen LogP contribution in [0.25, 0.3) is 0 Å². The number of nitrogens with one attached hydrogen (secondary N) is 1. The van der Waals surface area contributed by atoms with Crippen LogP contribution in [-0.4, -0.2) is 22.2 Å². The van der Waals surface area contributed by atoms with E-state index in [-0.39, 0.29) is 12.1 Å². The zero-order valence-electron chi connectivity index (χ0n) is 8.38. The maximum atomic E-state index is 9.33. The topological polar surface area (TPSA) is 45.1 Å². The van der Waals surface area contributed by atoms with E-state index in [4.69, 9.17) is 11.6 Å². The second-order valence-electron chi connectivity index (χ2n) is 3.25. The molecule has 0 saturated heterocycles. The summed E-state index contributed by atoms with van der Waals surface area (Å²) in [7, 11) is 0. The maximum absolute atomic E-state index is 9.33. The Morgan fingerprint density at radius 3 is 2.57 bits per heavy atom. The van der Waals surface area contributed by atoms with Gasteiger partial charge in [0.05, 0.1) is 12.1 Å². The Bertz CT molecular complexity index is 278. The van der Waals surface area contributed by atoms with Crippen molar-refractivity contribution in [2.24, 2.45) is 0 Å². The molecule has 3 nitrogen and oxygen atoms in total. The monoisotopic (exact) mass is 234 g/mol. The fourth-order valence-electron chi connectivity index (χ4n) is 1.23. The third-order valence-electron chi connectivity index (χ3n) is 2.50. The number of hydrogen-bond acceptors (Lipinski definition) is 4. The molecule has 1 aromatic rings. The Labute approximate surface area is 93.1 Å². The number of aliphatic hydroxyl groups is 1. The van der Waals surface area contributed by atoms with E-state index >= 15 is 0 Å². The fourth-order valence-corrected chi connectivity index (χ4v) is 2.18. The summed E-state index contributed by atoms with van der Waals surface area (Å²) in [5.41, 5.74) is -0.263. The number of aliphatic hydroxyl groups excluding tert-OH is 1. The van der Waals surface area contributed by atoms with Crippen molar-refractivity contribution in [2.45, 2.75) is 32.2 Å². The Morgan fingerprint density at radius 2 is 2.21 bits per heavy atom. The molecule has 0 aromatic carbocycles. The number of nitrogens with zero attached hydrogens (tertiary/aromatic N) is 1. The van der Waals surface area contributed by atoms with Crippen molar-refractivity contribution >= 4 is 28.1 Å². The molecule has 1 heterocycles. The Morgan fingerprint density at radius 1 is 1.57 bits per heavy atom. The van der Waals surface area contributed by atoms with Crippen molar-refractivity contribution in [2.75, 3.05) is 11.9 Å². The second-order valence-corrected chi connectivity index (χ2v) is 4.49. The molecule has 0 aliphatic rings. The van der Waals surface area contributed by atoms with Gasteiger partial charge in [-0.25, -0.2) is 4.98 Å². The summed E-state index contributed by atoms with van der Waals surface area (Å²) in [5.74, 6) is 0.